The largest absolute Gasteiger partial charge is 0.394 e. The minimum atomic E-state index is -0.180. The number of carbonyl (C=O) groups excluding carboxylic acids is 1. The molecule has 0 aliphatic carbocycles. The number of aliphatic hydroxyl groups is 1. The standard InChI is InChI=1S/C15H24N2O2/c1-11(2)9-13(10-18)16-15(19)12-5-7-14(8-6-12)17(3)4/h5-8,11,13,18H,9-10H2,1-4H3,(H,16,19). The number of hydrogen-bond acceptors (Lipinski definition) is 3. The zero-order valence-corrected chi connectivity index (χ0v) is 12.2. The second-order valence-electron chi connectivity index (χ2n) is 5.42. The zero-order chi connectivity index (χ0) is 14.4. The molecule has 4 nitrogen and oxygen atoms in total. The van der Waals surface area contributed by atoms with E-state index in [1.165, 1.54) is 0 Å². The number of aliphatic hydroxyl groups excluding tert-OH is 1. The van der Waals surface area contributed by atoms with E-state index in [-0.39, 0.29) is 18.6 Å². The monoisotopic (exact) mass is 264 g/mol. The van der Waals surface area contributed by atoms with Gasteiger partial charge in [0.25, 0.3) is 5.91 Å². The maximum atomic E-state index is 12.0. The number of hydrogen-bond donors (Lipinski definition) is 2. The fourth-order valence-corrected chi connectivity index (χ4v) is 1.93. The molecular formula is C15H24N2O2. The topological polar surface area (TPSA) is 52.6 Å². The molecule has 0 fully saturated rings. The lowest BCUT2D eigenvalue weighted by molar-refractivity contribution is 0.0908. The van der Waals surface area contributed by atoms with Crippen LogP contribution in [0.1, 0.15) is 30.6 Å². The van der Waals surface area contributed by atoms with E-state index in [0.29, 0.717) is 11.5 Å². The summed E-state index contributed by atoms with van der Waals surface area (Å²) in [4.78, 5) is 14.0. The molecule has 1 aromatic carbocycles. The number of nitrogens with one attached hydrogen (secondary N) is 1. The average Bonchev–Trinajstić information content (AvgIpc) is 2.37. The first-order valence-electron chi connectivity index (χ1n) is 6.63. The number of benzene rings is 1. The van der Waals surface area contributed by atoms with Gasteiger partial charge < -0.3 is 15.3 Å². The molecule has 0 radical (unpaired) electrons. The molecule has 0 spiro atoms. The molecule has 19 heavy (non-hydrogen) atoms. The van der Waals surface area contributed by atoms with Crippen molar-refractivity contribution < 1.29 is 9.90 Å². The van der Waals surface area contributed by atoms with E-state index in [0.717, 1.165) is 12.1 Å². The van der Waals surface area contributed by atoms with Crippen LogP contribution in [0, 0.1) is 5.92 Å². The van der Waals surface area contributed by atoms with E-state index >= 15 is 0 Å². The molecular weight excluding hydrogens is 240 g/mol. The molecule has 0 heterocycles. The van der Waals surface area contributed by atoms with Crippen molar-refractivity contribution in [2.24, 2.45) is 5.92 Å². The smallest absolute Gasteiger partial charge is 0.251 e. The molecule has 1 atom stereocenters. The Hall–Kier alpha value is -1.55. The van der Waals surface area contributed by atoms with Crippen molar-refractivity contribution in [1.29, 1.82) is 0 Å². The van der Waals surface area contributed by atoms with Gasteiger partial charge in [0.05, 0.1) is 12.6 Å². The van der Waals surface area contributed by atoms with Gasteiger partial charge in [0.1, 0.15) is 0 Å². The summed E-state index contributed by atoms with van der Waals surface area (Å²) < 4.78 is 0. The van der Waals surface area contributed by atoms with E-state index in [9.17, 15) is 9.90 Å². The SMILES string of the molecule is CC(C)CC(CO)NC(=O)c1ccc(N(C)C)cc1. The van der Waals surface area contributed by atoms with E-state index in [4.69, 9.17) is 0 Å². The first-order chi connectivity index (χ1) is 8.93. The van der Waals surface area contributed by atoms with Gasteiger partial charge in [0.15, 0.2) is 0 Å². The fourth-order valence-electron chi connectivity index (χ4n) is 1.93. The average molecular weight is 264 g/mol. The third kappa shape index (κ3) is 4.91. The lowest BCUT2D eigenvalue weighted by Gasteiger charge is -2.18. The summed E-state index contributed by atoms with van der Waals surface area (Å²) in [5, 5.41) is 12.1. The molecule has 106 valence electrons. The molecule has 0 aliphatic rings. The van der Waals surface area contributed by atoms with Gasteiger partial charge >= 0.3 is 0 Å². The normalized spacial score (nSPS) is 12.3. The first kappa shape index (κ1) is 15.5. The summed E-state index contributed by atoms with van der Waals surface area (Å²) in [7, 11) is 3.92. The van der Waals surface area contributed by atoms with Crippen LogP contribution in [-0.4, -0.2) is 37.8 Å². The van der Waals surface area contributed by atoms with Crippen molar-refractivity contribution in [2.75, 3.05) is 25.6 Å². The van der Waals surface area contributed by atoms with Crippen LogP contribution in [0.5, 0.6) is 0 Å². The molecule has 4 heteroatoms. The van der Waals surface area contributed by atoms with Gasteiger partial charge in [-0.05, 0) is 36.6 Å². The van der Waals surface area contributed by atoms with Crippen LogP contribution in [0.3, 0.4) is 0 Å². The Morgan fingerprint density at radius 2 is 1.84 bits per heavy atom. The summed E-state index contributed by atoms with van der Waals surface area (Å²) in [6.07, 6.45) is 0.776. The molecule has 0 aromatic heterocycles. The Morgan fingerprint density at radius 3 is 2.26 bits per heavy atom. The summed E-state index contributed by atoms with van der Waals surface area (Å²) >= 11 is 0. The van der Waals surface area contributed by atoms with Crippen LogP contribution in [-0.2, 0) is 0 Å². The van der Waals surface area contributed by atoms with Crippen LogP contribution < -0.4 is 10.2 Å². The lowest BCUT2D eigenvalue weighted by atomic mass is 10.0. The van der Waals surface area contributed by atoms with Gasteiger partial charge in [0.2, 0.25) is 0 Å². The quantitative estimate of drug-likeness (QED) is 0.825. The lowest BCUT2D eigenvalue weighted by Crippen LogP contribution is -2.38. The minimum Gasteiger partial charge on any atom is -0.394 e. The second-order valence-corrected chi connectivity index (χ2v) is 5.42. The maximum Gasteiger partial charge on any atom is 0.251 e. The molecule has 2 N–H and O–H groups in total. The highest BCUT2D eigenvalue weighted by Gasteiger charge is 2.14. The van der Waals surface area contributed by atoms with Crippen molar-refractivity contribution in [3.63, 3.8) is 0 Å². The highest BCUT2D eigenvalue weighted by Crippen LogP contribution is 2.12. The Bertz CT molecular complexity index is 399. The van der Waals surface area contributed by atoms with Crippen molar-refractivity contribution in [2.45, 2.75) is 26.3 Å². The maximum absolute atomic E-state index is 12.0. The Balaban J connectivity index is 2.66. The first-order valence-corrected chi connectivity index (χ1v) is 6.63. The summed E-state index contributed by atoms with van der Waals surface area (Å²) in [5.41, 5.74) is 1.67. The van der Waals surface area contributed by atoms with Crippen LogP contribution >= 0.6 is 0 Å². The van der Waals surface area contributed by atoms with Crippen molar-refractivity contribution in [1.82, 2.24) is 5.32 Å². The molecule has 0 saturated heterocycles. The van der Waals surface area contributed by atoms with Crippen molar-refractivity contribution in [3.8, 4) is 0 Å². The van der Waals surface area contributed by atoms with Gasteiger partial charge in [-0.2, -0.15) is 0 Å². The predicted octanol–water partition coefficient (Wildman–Crippen LogP) is 1.89. The minimum absolute atomic E-state index is 0.0281. The molecule has 1 amide bonds. The molecule has 0 saturated carbocycles. The van der Waals surface area contributed by atoms with E-state index in [2.05, 4.69) is 19.2 Å². The van der Waals surface area contributed by atoms with E-state index < -0.39 is 0 Å². The third-order valence-electron chi connectivity index (χ3n) is 2.96. The van der Waals surface area contributed by atoms with Crippen LogP contribution in [0.2, 0.25) is 0 Å². The number of anilines is 1. The van der Waals surface area contributed by atoms with Crippen molar-refractivity contribution in [3.05, 3.63) is 29.8 Å². The zero-order valence-electron chi connectivity index (χ0n) is 12.2. The number of carbonyl (C=O) groups is 1. The van der Waals surface area contributed by atoms with Crippen LogP contribution in [0.15, 0.2) is 24.3 Å². The molecule has 1 rings (SSSR count). The van der Waals surface area contributed by atoms with Crippen LogP contribution in [0.25, 0.3) is 0 Å². The third-order valence-corrected chi connectivity index (χ3v) is 2.96. The fraction of sp³-hybridized carbons (Fsp3) is 0.533. The molecule has 1 aromatic rings. The molecule has 1 unspecified atom stereocenters. The Labute approximate surface area is 115 Å². The number of rotatable bonds is 6. The highest BCUT2D eigenvalue weighted by atomic mass is 16.3. The van der Waals surface area contributed by atoms with Gasteiger partial charge in [-0.25, -0.2) is 0 Å². The molecule has 0 bridgehead atoms. The van der Waals surface area contributed by atoms with Crippen molar-refractivity contribution >= 4 is 11.6 Å². The van der Waals surface area contributed by atoms with Gasteiger partial charge in [-0.1, -0.05) is 13.8 Å². The second kappa shape index (κ2) is 7.14. The molecule has 0 aliphatic heterocycles. The number of nitrogens with zero attached hydrogens (tertiary/aromatic N) is 1. The van der Waals surface area contributed by atoms with Crippen LogP contribution in [0.4, 0.5) is 5.69 Å². The van der Waals surface area contributed by atoms with E-state index in [1.54, 1.807) is 12.1 Å². The number of amides is 1. The Morgan fingerprint density at radius 1 is 1.26 bits per heavy atom. The summed E-state index contributed by atoms with van der Waals surface area (Å²) in [5.74, 6) is 0.304. The highest BCUT2D eigenvalue weighted by molar-refractivity contribution is 5.94. The van der Waals surface area contributed by atoms with Gasteiger partial charge in [-0.15, -0.1) is 0 Å². The summed E-state index contributed by atoms with van der Waals surface area (Å²) in [6, 6.07) is 7.24. The van der Waals surface area contributed by atoms with E-state index in [1.807, 2.05) is 31.1 Å². The van der Waals surface area contributed by atoms with Gasteiger partial charge in [-0.3, -0.25) is 4.79 Å². The predicted molar refractivity (Wildman–Crippen MR) is 78.6 cm³/mol. The summed E-state index contributed by atoms with van der Waals surface area (Å²) in [6.45, 7) is 4.11. The Kier molecular flexibility index (Phi) is 5.83. The van der Waals surface area contributed by atoms with Gasteiger partial charge in [0, 0.05) is 25.3 Å².